The van der Waals surface area contributed by atoms with Gasteiger partial charge in [-0.25, -0.2) is 0 Å². The fourth-order valence-electron chi connectivity index (χ4n) is 1.71. The third-order valence-corrected chi connectivity index (χ3v) is 2.53. The lowest BCUT2D eigenvalue weighted by Crippen LogP contribution is -2.28. The van der Waals surface area contributed by atoms with Crippen molar-refractivity contribution in [3.05, 3.63) is 49.3 Å². The molecule has 0 aliphatic rings. The maximum Gasteiger partial charge on any atom is 0.238 e. The van der Waals surface area contributed by atoms with E-state index in [1.54, 1.807) is 18.5 Å². The van der Waals surface area contributed by atoms with E-state index in [4.69, 9.17) is 0 Å². The Bertz CT molecular complexity index is 560. The fraction of sp³-hybridized carbons (Fsp3) is 0.143. The molecule has 0 aliphatic heterocycles. The van der Waals surface area contributed by atoms with Gasteiger partial charge < -0.3 is 10.6 Å². The smallest absolute Gasteiger partial charge is 0.238 e. The van der Waals surface area contributed by atoms with Crippen LogP contribution in [0.25, 0.3) is 10.8 Å². The minimum Gasteiger partial charge on any atom is -0.324 e. The van der Waals surface area contributed by atoms with Crippen LogP contribution in [0.2, 0.25) is 0 Å². The Morgan fingerprint density at radius 1 is 1.39 bits per heavy atom. The van der Waals surface area contributed by atoms with Gasteiger partial charge in [-0.3, -0.25) is 9.78 Å². The summed E-state index contributed by atoms with van der Waals surface area (Å²) in [7, 11) is 0. The molecule has 2 aromatic rings. The molecule has 0 saturated heterocycles. The molecule has 0 spiro atoms. The van der Waals surface area contributed by atoms with E-state index >= 15 is 0 Å². The Hall–Kier alpha value is -2.20. The largest absolute Gasteiger partial charge is 0.324 e. The summed E-state index contributed by atoms with van der Waals surface area (Å²) in [4.78, 5) is 15.8. The second-order valence-corrected chi connectivity index (χ2v) is 3.87. The van der Waals surface area contributed by atoms with Crippen LogP contribution in [-0.4, -0.2) is 24.0 Å². The molecule has 0 unspecified atom stereocenters. The number of pyridine rings is 1. The van der Waals surface area contributed by atoms with Crippen LogP contribution in [0, 0.1) is 0 Å². The van der Waals surface area contributed by atoms with Gasteiger partial charge in [0.05, 0.1) is 6.54 Å². The second kappa shape index (κ2) is 5.93. The van der Waals surface area contributed by atoms with Crippen molar-refractivity contribution in [2.24, 2.45) is 0 Å². The molecule has 1 heterocycles. The molecule has 0 saturated carbocycles. The number of hydrogen-bond donors (Lipinski definition) is 2. The number of fused-ring (bicyclic) bond motifs is 1. The van der Waals surface area contributed by atoms with Crippen molar-refractivity contribution < 1.29 is 4.79 Å². The van der Waals surface area contributed by atoms with Gasteiger partial charge in [-0.05, 0) is 12.1 Å². The highest BCUT2D eigenvalue weighted by atomic mass is 16.1. The van der Waals surface area contributed by atoms with Crippen molar-refractivity contribution in [1.29, 1.82) is 0 Å². The van der Waals surface area contributed by atoms with Crippen LogP contribution in [0.4, 0.5) is 5.69 Å². The Balaban J connectivity index is 2.11. The average Bonchev–Trinajstić information content (AvgIpc) is 2.39. The maximum atomic E-state index is 11.7. The predicted molar refractivity (Wildman–Crippen MR) is 73.4 cm³/mol. The number of aromatic nitrogens is 1. The summed E-state index contributed by atoms with van der Waals surface area (Å²) in [6, 6.07) is 7.64. The monoisotopic (exact) mass is 241 g/mol. The van der Waals surface area contributed by atoms with Crippen LogP contribution in [0.15, 0.2) is 49.3 Å². The van der Waals surface area contributed by atoms with Crippen LogP contribution in [-0.2, 0) is 4.79 Å². The molecule has 4 heteroatoms. The first kappa shape index (κ1) is 12.3. The predicted octanol–water partition coefficient (Wildman–Crippen LogP) is 1.95. The molecule has 1 aromatic heterocycles. The van der Waals surface area contributed by atoms with E-state index in [-0.39, 0.29) is 12.5 Å². The van der Waals surface area contributed by atoms with E-state index in [1.165, 1.54) is 0 Å². The van der Waals surface area contributed by atoms with E-state index in [2.05, 4.69) is 22.2 Å². The Morgan fingerprint density at radius 2 is 2.28 bits per heavy atom. The molecule has 1 amide bonds. The van der Waals surface area contributed by atoms with Crippen LogP contribution < -0.4 is 10.6 Å². The number of nitrogens with one attached hydrogen (secondary N) is 2. The molecule has 4 nitrogen and oxygen atoms in total. The summed E-state index contributed by atoms with van der Waals surface area (Å²) in [5, 5.41) is 7.84. The summed E-state index contributed by atoms with van der Waals surface area (Å²) in [5.74, 6) is -0.0684. The molecule has 92 valence electrons. The van der Waals surface area contributed by atoms with Gasteiger partial charge in [0.25, 0.3) is 0 Å². The van der Waals surface area contributed by atoms with Gasteiger partial charge in [0.15, 0.2) is 0 Å². The van der Waals surface area contributed by atoms with Gasteiger partial charge >= 0.3 is 0 Å². The van der Waals surface area contributed by atoms with E-state index in [0.717, 1.165) is 16.5 Å². The average molecular weight is 241 g/mol. The van der Waals surface area contributed by atoms with E-state index in [9.17, 15) is 4.79 Å². The molecule has 1 aromatic carbocycles. The number of amides is 1. The molecule has 0 fully saturated rings. The van der Waals surface area contributed by atoms with E-state index in [1.807, 2.05) is 24.3 Å². The first-order chi connectivity index (χ1) is 8.81. The van der Waals surface area contributed by atoms with E-state index in [0.29, 0.717) is 6.54 Å². The Kier molecular flexibility index (Phi) is 4.04. The molecule has 0 atom stereocenters. The van der Waals surface area contributed by atoms with Crippen LogP contribution in [0.1, 0.15) is 0 Å². The number of nitrogens with zero attached hydrogens (tertiary/aromatic N) is 1. The normalized spacial score (nSPS) is 10.2. The fourth-order valence-corrected chi connectivity index (χ4v) is 1.71. The van der Waals surface area contributed by atoms with Crippen molar-refractivity contribution in [1.82, 2.24) is 10.3 Å². The minimum atomic E-state index is -0.0684. The van der Waals surface area contributed by atoms with Gasteiger partial charge in [-0.15, -0.1) is 6.58 Å². The van der Waals surface area contributed by atoms with Crippen molar-refractivity contribution in [2.45, 2.75) is 0 Å². The molecule has 0 bridgehead atoms. The lowest BCUT2D eigenvalue weighted by Gasteiger charge is -2.08. The SMILES string of the molecule is C=CCNCC(=O)Nc1cccc2cnccc12. The molecule has 0 aliphatic carbocycles. The van der Waals surface area contributed by atoms with Crippen molar-refractivity contribution >= 4 is 22.4 Å². The number of anilines is 1. The van der Waals surface area contributed by atoms with Crippen molar-refractivity contribution in [3.8, 4) is 0 Å². The zero-order chi connectivity index (χ0) is 12.8. The van der Waals surface area contributed by atoms with E-state index < -0.39 is 0 Å². The first-order valence-corrected chi connectivity index (χ1v) is 5.75. The highest BCUT2D eigenvalue weighted by Gasteiger charge is 2.04. The zero-order valence-electron chi connectivity index (χ0n) is 10.0. The minimum absolute atomic E-state index is 0.0684. The molecule has 2 rings (SSSR count). The third-order valence-electron chi connectivity index (χ3n) is 2.53. The van der Waals surface area contributed by atoms with Crippen molar-refractivity contribution in [2.75, 3.05) is 18.4 Å². The quantitative estimate of drug-likeness (QED) is 0.621. The standard InChI is InChI=1S/C14H15N3O/c1-2-7-15-10-14(18)17-13-5-3-4-11-9-16-8-6-12(11)13/h2-6,8-9,15H,1,7,10H2,(H,17,18). The van der Waals surface area contributed by atoms with Gasteiger partial charge in [0.2, 0.25) is 5.91 Å². The highest BCUT2D eigenvalue weighted by molar-refractivity contribution is 6.02. The van der Waals surface area contributed by atoms with Gasteiger partial charge in [-0.2, -0.15) is 0 Å². The van der Waals surface area contributed by atoms with Crippen LogP contribution in [0.5, 0.6) is 0 Å². The third kappa shape index (κ3) is 2.93. The number of carbonyl (C=O) groups is 1. The molecule has 2 N–H and O–H groups in total. The summed E-state index contributed by atoms with van der Waals surface area (Å²) >= 11 is 0. The lowest BCUT2D eigenvalue weighted by molar-refractivity contribution is -0.115. The molecule has 0 radical (unpaired) electrons. The van der Waals surface area contributed by atoms with Crippen LogP contribution >= 0.6 is 0 Å². The number of hydrogen-bond acceptors (Lipinski definition) is 3. The number of carbonyl (C=O) groups excluding carboxylic acids is 1. The maximum absolute atomic E-state index is 11.7. The van der Waals surface area contributed by atoms with Crippen LogP contribution in [0.3, 0.4) is 0 Å². The zero-order valence-corrected chi connectivity index (χ0v) is 10.0. The number of rotatable bonds is 5. The topological polar surface area (TPSA) is 54.0 Å². The lowest BCUT2D eigenvalue weighted by atomic mass is 10.1. The molecular formula is C14H15N3O. The summed E-state index contributed by atoms with van der Waals surface area (Å²) < 4.78 is 0. The summed E-state index contributed by atoms with van der Waals surface area (Å²) in [5.41, 5.74) is 0.806. The first-order valence-electron chi connectivity index (χ1n) is 5.75. The Morgan fingerprint density at radius 3 is 3.11 bits per heavy atom. The molecule has 18 heavy (non-hydrogen) atoms. The summed E-state index contributed by atoms with van der Waals surface area (Å²) in [6.45, 7) is 4.47. The number of benzene rings is 1. The Labute approximate surface area is 106 Å². The highest BCUT2D eigenvalue weighted by Crippen LogP contribution is 2.21. The van der Waals surface area contributed by atoms with Crippen molar-refractivity contribution in [3.63, 3.8) is 0 Å². The van der Waals surface area contributed by atoms with Gasteiger partial charge in [0.1, 0.15) is 0 Å². The van der Waals surface area contributed by atoms with Gasteiger partial charge in [-0.1, -0.05) is 18.2 Å². The summed E-state index contributed by atoms with van der Waals surface area (Å²) in [6.07, 6.45) is 5.21. The van der Waals surface area contributed by atoms with Gasteiger partial charge in [0, 0.05) is 35.4 Å². The molecular weight excluding hydrogens is 226 g/mol. The second-order valence-electron chi connectivity index (χ2n) is 3.87.